The molecule has 3 aromatic heterocycles. The molecule has 3 heterocycles. The van der Waals surface area contributed by atoms with E-state index in [4.69, 9.17) is 0 Å². The number of hydrogen-bond acceptors (Lipinski definition) is 5. The Labute approximate surface area is 184 Å². The molecule has 0 atom stereocenters. The molecule has 0 unspecified atom stereocenters. The molecule has 31 heavy (non-hydrogen) atoms. The number of rotatable bonds is 7. The minimum absolute atomic E-state index is 0.00290. The van der Waals surface area contributed by atoms with Gasteiger partial charge in [-0.2, -0.15) is 0 Å². The Hall–Kier alpha value is -3.26. The van der Waals surface area contributed by atoms with Crippen LogP contribution in [0.1, 0.15) is 28.7 Å². The number of aryl methyl sites for hydroxylation is 1. The Kier molecular flexibility index (Phi) is 5.99. The van der Waals surface area contributed by atoms with Crippen LogP contribution in [0.4, 0.5) is 4.39 Å². The number of nitrogens with zero attached hydrogens (tertiary/aromatic N) is 5. The van der Waals surface area contributed by atoms with Crippen molar-refractivity contribution in [3.8, 4) is 17.1 Å². The maximum atomic E-state index is 13.7. The van der Waals surface area contributed by atoms with Gasteiger partial charge in [0, 0.05) is 47.1 Å². The van der Waals surface area contributed by atoms with Crippen molar-refractivity contribution in [1.82, 2.24) is 24.3 Å². The van der Waals surface area contributed by atoms with Gasteiger partial charge in [0.1, 0.15) is 5.82 Å². The maximum absolute atomic E-state index is 13.7. The molecule has 0 radical (unpaired) electrons. The molecule has 1 aromatic carbocycles. The number of carbonyl (C=O) groups excluding carboxylic acids is 1. The minimum atomic E-state index is -0.308. The fraction of sp³-hybridized carbons (Fsp3) is 0.217. The Morgan fingerprint density at radius 3 is 2.58 bits per heavy atom. The lowest BCUT2D eigenvalue weighted by molar-refractivity contribution is 0.102. The smallest absolute Gasteiger partial charge is 0.191 e. The van der Waals surface area contributed by atoms with Crippen LogP contribution in [-0.2, 0) is 6.54 Å². The van der Waals surface area contributed by atoms with Gasteiger partial charge in [-0.3, -0.25) is 9.78 Å². The van der Waals surface area contributed by atoms with E-state index in [0.29, 0.717) is 23.0 Å². The average molecular weight is 436 g/mol. The van der Waals surface area contributed by atoms with Crippen molar-refractivity contribution in [2.45, 2.75) is 32.5 Å². The van der Waals surface area contributed by atoms with E-state index in [2.05, 4.69) is 15.2 Å². The van der Waals surface area contributed by atoms with E-state index in [1.807, 2.05) is 54.2 Å². The van der Waals surface area contributed by atoms with Gasteiger partial charge in [-0.15, -0.1) is 10.2 Å². The minimum Gasteiger partial charge on any atom is -0.318 e. The first kappa shape index (κ1) is 21.0. The fourth-order valence-electron chi connectivity index (χ4n) is 3.66. The van der Waals surface area contributed by atoms with Gasteiger partial charge in [0.15, 0.2) is 16.8 Å². The number of thioether (sulfide) groups is 1. The highest BCUT2D eigenvalue weighted by Gasteiger charge is 2.19. The number of benzene rings is 1. The second kappa shape index (κ2) is 8.85. The van der Waals surface area contributed by atoms with Crippen LogP contribution in [-0.4, -0.2) is 35.9 Å². The summed E-state index contributed by atoms with van der Waals surface area (Å²) in [4.78, 5) is 17.0. The van der Waals surface area contributed by atoms with Crippen LogP contribution in [0.3, 0.4) is 0 Å². The zero-order chi connectivity index (χ0) is 22.0. The molecule has 0 aliphatic rings. The summed E-state index contributed by atoms with van der Waals surface area (Å²) in [6.45, 7) is 6.50. The van der Waals surface area contributed by atoms with Crippen molar-refractivity contribution in [3.05, 3.63) is 77.6 Å². The van der Waals surface area contributed by atoms with Gasteiger partial charge in [-0.05, 0) is 57.2 Å². The monoisotopic (exact) mass is 435 g/mol. The van der Waals surface area contributed by atoms with Crippen LogP contribution >= 0.6 is 11.8 Å². The van der Waals surface area contributed by atoms with E-state index in [0.717, 1.165) is 22.8 Å². The molecule has 0 N–H and O–H groups in total. The van der Waals surface area contributed by atoms with E-state index in [-0.39, 0.29) is 17.4 Å². The number of halogens is 1. The predicted octanol–water partition coefficient (Wildman–Crippen LogP) is 4.88. The second-order valence-corrected chi connectivity index (χ2v) is 8.04. The number of carbonyl (C=O) groups is 1. The summed E-state index contributed by atoms with van der Waals surface area (Å²) >= 11 is 1.37. The third-order valence-electron chi connectivity index (χ3n) is 5.10. The third-order valence-corrected chi connectivity index (χ3v) is 6.07. The fourth-order valence-corrected chi connectivity index (χ4v) is 4.55. The van der Waals surface area contributed by atoms with Crippen LogP contribution in [0.15, 0.2) is 60.0 Å². The van der Waals surface area contributed by atoms with E-state index in [1.165, 1.54) is 23.9 Å². The molecule has 0 aliphatic carbocycles. The van der Waals surface area contributed by atoms with E-state index >= 15 is 0 Å². The Bertz CT molecular complexity index is 1230. The van der Waals surface area contributed by atoms with Crippen LogP contribution in [0, 0.1) is 19.7 Å². The third kappa shape index (κ3) is 4.16. The van der Waals surface area contributed by atoms with Crippen LogP contribution < -0.4 is 0 Å². The van der Waals surface area contributed by atoms with Gasteiger partial charge in [-0.25, -0.2) is 4.39 Å². The summed E-state index contributed by atoms with van der Waals surface area (Å²) in [6.07, 6.45) is 3.43. The normalized spacial score (nSPS) is 11.1. The SMILES string of the molecule is CCn1c(SCC(=O)c2cc(C)n(-c3cccc(F)c3)c2C)nnc1-c1ccncc1. The van der Waals surface area contributed by atoms with E-state index in [1.54, 1.807) is 18.5 Å². The first-order valence-corrected chi connectivity index (χ1v) is 10.9. The largest absolute Gasteiger partial charge is 0.318 e. The standard InChI is InChI=1S/C23H22FN5OS/c1-4-28-22(17-8-10-25-11-9-17)26-27-23(28)31-14-21(30)20-12-15(2)29(16(20)3)19-7-5-6-18(24)13-19/h5-13H,4,14H2,1-3H3. The molecule has 0 bridgehead atoms. The van der Waals surface area contributed by atoms with Gasteiger partial charge >= 0.3 is 0 Å². The lowest BCUT2D eigenvalue weighted by Crippen LogP contribution is -2.07. The average Bonchev–Trinajstić information content (AvgIpc) is 3.32. The molecular weight excluding hydrogens is 413 g/mol. The predicted molar refractivity (Wildman–Crippen MR) is 119 cm³/mol. The van der Waals surface area contributed by atoms with E-state index in [9.17, 15) is 9.18 Å². The van der Waals surface area contributed by atoms with Crippen LogP contribution in [0.5, 0.6) is 0 Å². The zero-order valence-corrected chi connectivity index (χ0v) is 18.4. The topological polar surface area (TPSA) is 65.6 Å². The summed E-state index contributed by atoms with van der Waals surface area (Å²) in [5.74, 6) is 0.681. The molecular formula is C23H22FN5OS. The van der Waals surface area contributed by atoms with Gasteiger partial charge in [0.2, 0.25) is 0 Å². The lowest BCUT2D eigenvalue weighted by atomic mass is 10.2. The molecule has 0 saturated carbocycles. The molecule has 4 rings (SSSR count). The van der Waals surface area contributed by atoms with E-state index < -0.39 is 0 Å². The maximum Gasteiger partial charge on any atom is 0.191 e. The van der Waals surface area contributed by atoms with Crippen molar-refractivity contribution in [2.24, 2.45) is 0 Å². The van der Waals surface area contributed by atoms with Crippen LogP contribution in [0.25, 0.3) is 17.1 Å². The van der Waals surface area contributed by atoms with Gasteiger partial charge in [-0.1, -0.05) is 17.8 Å². The summed E-state index contributed by atoms with van der Waals surface area (Å²) in [7, 11) is 0. The zero-order valence-electron chi connectivity index (χ0n) is 17.5. The Morgan fingerprint density at radius 1 is 1.10 bits per heavy atom. The van der Waals surface area contributed by atoms with Gasteiger partial charge in [0.25, 0.3) is 0 Å². The molecule has 0 saturated heterocycles. The molecule has 0 aliphatic heterocycles. The first-order valence-electron chi connectivity index (χ1n) is 9.94. The van der Waals surface area contributed by atoms with Crippen LogP contribution in [0.2, 0.25) is 0 Å². The van der Waals surface area contributed by atoms with Gasteiger partial charge in [0.05, 0.1) is 5.75 Å². The molecule has 0 spiro atoms. The highest BCUT2D eigenvalue weighted by Crippen LogP contribution is 2.26. The highest BCUT2D eigenvalue weighted by molar-refractivity contribution is 7.99. The summed E-state index contributed by atoms with van der Waals surface area (Å²) < 4.78 is 17.6. The number of pyridine rings is 1. The number of aromatic nitrogens is 5. The van der Waals surface area contributed by atoms with Crippen molar-refractivity contribution in [1.29, 1.82) is 0 Å². The Morgan fingerprint density at radius 2 is 1.87 bits per heavy atom. The molecule has 0 amide bonds. The molecule has 4 aromatic rings. The molecule has 158 valence electrons. The van der Waals surface area contributed by atoms with Crippen molar-refractivity contribution in [3.63, 3.8) is 0 Å². The summed E-state index contributed by atoms with van der Waals surface area (Å²) in [5, 5.41) is 9.29. The van der Waals surface area contributed by atoms with Crippen molar-refractivity contribution < 1.29 is 9.18 Å². The second-order valence-electron chi connectivity index (χ2n) is 7.10. The number of ketones is 1. The summed E-state index contributed by atoms with van der Waals surface area (Å²) in [6, 6.07) is 12.0. The van der Waals surface area contributed by atoms with Crippen molar-refractivity contribution >= 4 is 17.5 Å². The first-order chi connectivity index (χ1) is 15.0. The highest BCUT2D eigenvalue weighted by atomic mass is 32.2. The number of Topliss-reactive ketones (excluding diaryl/α,β-unsaturated/α-hetero) is 1. The van der Waals surface area contributed by atoms with Crippen molar-refractivity contribution in [2.75, 3.05) is 5.75 Å². The van der Waals surface area contributed by atoms with Gasteiger partial charge < -0.3 is 9.13 Å². The molecule has 0 fully saturated rings. The lowest BCUT2D eigenvalue weighted by Gasteiger charge is -2.10. The quantitative estimate of drug-likeness (QED) is 0.306. The number of hydrogen-bond donors (Lipinski definition) is 0. The molecule has 6 nitrogen and oxygen atoms in total. The Balaban J connectivity index is 1.55. The summed E-state index contributed by atoms with van der Waals surface area (Å²) in [5.41, 5.74) is 3.94. The molecule has 8 heteroatoms.